The summed E-state index contributed by atoms with van der Waals surface area (Å²) in [6.45, 7) is 0.845. The minimum absolute atomic E-state index is 0.0151. The van der Waals surface area contributed by atoms with Gasteiger partial charge in [-0.2, -0.15) is 0 Å². The predicted molar refractivity (Wildman–Crippen MR) is 145 cm³/mol. The Morgan fingerprint density at radius 1 is 0.795 bits per heavy atom. The first kappa shape index (κ1) is 31.7. The lowest BCUT2D eigenvalue weighted by Crippen LogP contribution is -2.61. The number of aliphatic hydroxyl groups excluding tert-OH is 6. The molecule has 16 heteroatoms. The van der Waals surface area contributed by atoms with Gasteiger partial charge >= 0.3 is 0 Å². The smallest absolute Gasteiger partial charge is 0.239 e. The number of hydrogen-bond acceptors (Lipinski definition) is 16. The van der Waals surface area contributed by atoms with Gasteiger partial charge in [0.05, 0.1) is 19.8 Å². The summed E-state index contributed by atoms with van der Waals surface area (Å²) in [6, 6.07) is 5.83. The number of rotatable bonds is 7. The molecule has 0 spiro atoms. The standard InChI is InChI=1S/C28H32O16/c1-9-18(32)21(35)23(37)27(41-9)40-8-16-19(33)22(36)24(38)28(43-16)44-26-20(34)17-13(31)6-11(29)7-15(17)42-25(26)10-3-4-12(30)14(5-10)39-2/h3-7,9,16,18-19,21-24,27-33,35-38H,8H2,1-2H3/t9-,16-,18+,19-,21-,22-,23+,24-,27-,28+/m1/s1. The molecule has 2 aliphatic heterocycles. The molecular formula is C28H32O16. The fraction of sp³-hybridized carbons (Fsp3) is 0.464. The zero-order valence-electron chi connectivity index (χ0n) is 23.3. The number of phenolic OH excluding ortho intramolecular Hbond substituents is 3. The lowest BCUT2D eigenvalue weighted by atomic mass is 9.98. The zero-order valence-corrected chi connectivity index (χ0v) is 23.3. The highest BCUT2D eigenvalue weighted by atomic mass is 16.7. The topological polar surface area (TPSA) is 258 Å². The van der Waals surface area contributed by atoms with Gasteiger partial charge in [0.15, 0.2) is 23.5 Å². The van der Waals surface area contributed by atoms with Gasteiger partial charge in [-0.05, 0) is 25.1 Å². The summed E-state index contributed by atoms with van der Waals surface area (Å²) in [5.41, 5.74) is -1.11. The highest BCUT2D eigenvalue weighted by molar-refractivity contribution is 5.88. The first-order valence-corrected chi connectivity index (χ1v) is 13.4. The first-order valence-electron chi connectivity index (χ1n) is 13.4. The summed E-state index contributed by atoms with van der Waals surface area (Å²) in [4.78, 5) is 13.7. The minimum atomic E-state index is -1.94. The van der Waals surface area contributed by atoms with E-state index in [0.717, 1.165) is 12.1 Å². The molecule has 10 atom stereocenters. The van der Waals surface area contributed by atoms with Crippen LogP contribution in [0.15, 0.2) is 39.5 Å². The van der Waals surface area contributed by atoms with E-state index in [9.17, 15) is 50.8 Å². The molecule has 0 radical (unpaired) electrons. The Morgan fingerprint density at radius 2 is 1.48 bits per heavy atom. The van der Waals surface area contributed by atoms with E-state index < -0.39 is 96.1 Å². The average molecular weight is 625 g/mol. The third-order valence-corrected chi connectivity index (χ3v) is 7.50. The lowest BCUT2D eigenvalue weighted by molar-refractivity contribution is -0.318. The summed E-state index contributed by atoms with van der Waals surface area (Å²) in [5, 5.41) is 92.1. The van der Waals surface area contributed by atoms with Gasteiger partial charge < -0.3 is 74.1 Å². The number of ether oxygens (including phenoxy) is 5. The molecular weight excluding hydrogens is 592 g/mol. The maximum Gasteiger partial charge on any atom is 0.239 e. The normalized spacial score (nSPS) is 32.5. The number of phenols is 3. The largest absolute Gasteiger partial charge is 0.508 e. The van der Waals surface area contributed by atoms with Gasteiger partial charge in [0, 0.05) is 17.7 Å². The van der Waals surface area contributed by atoms with Gasteiger partial charge in [0.1, 0.15) is 65.2 Å². The average Bonchev–Trinajstić information content (AvgIpc) is 2.98. The molecule has 9 N–H and O–H groups in total. The van der Waals surface area contributed by atoms with Gasteiger partial charge in [0.25, 0.3) is 0 Å². The van der Waals surface area contributed by atoms with Crippen molar-refractivity contribution in [2.75, 3.05) is 13.7 Å². The van der Waals surface area contributed by atoms with E-state index in [1.165, 1.54) is 32.2 Å². The Kier molecular flexibility index (Phi) is 8.90. The van der Waals surface area contributed by atoms with Crippen molar-refractivity contribution >= 4 is 11.0 Å². The Bertz CT molecular complexity index is 1560. The zero-order chi connectivity index (χ0) is 32.0. The fourth-order valence-corrected chi connectivity index (χ4v) is 4.99. The molecule has 0 bridgehead atoms. The molecule has 2 aliphatic rings. The Balaban J connectivity index is 1.49. The fourth-order valence-electron chi connectivity index (χ4n) is 4.99. The van der Waals surface area contributed by atoms with E-state index in [1.54, 1.807) is 0 Å². The van der Waals surface area contributed by atoms with E-state index in [4.69, 9.17) is 28.1 Å². The number of aromatic hydroxyl groups is 3. The molecule has 16 nitrogen and oxygen atoms in total. The van der Waals surface area contributed by atoms with Crippen molar-refractivity contribution in [1.29, 1.82) is 0 Å². The number of aliphatic hydroxyl groups is 6. The maximum absolute atomic E-state index is 13.7. The first-order chi connectivity index (χ1) is 20.8. The molecule has 2 fully saturated rings. The van der Waals surface area contributed by atoms with E-state index in [0.29, 0.717) is 0 Å². The van der Waals surface area contributed by atoms with E-state index in [1.807, 2.05) is 0 Å². The van der Waals surface area contributed by atoms with Crippen LogP contribution in [0.4, 0.5) is 0 Å². The third kappa shape index (κ3) is 5.74. The van der Waals surface area contributed by atoms with Crippen LogP contribution in [-0.2, 0) is 14.2 Å². The quantitative estimate of drug-likeness (QED) is 0.147. The van der Waals surface area contributed by atoms with Crippen molar-refractivity contribution in [3.63, 3.8) is 0 Å². The van der Waals surface area contributed by atoms with Gasteiger partial charge in [0.2, 0.25) is 17.5 Å². The van der Waals surface area contributed by atoms with Gasteiger partial charge in [-0.1, -0.05) is 0 Å². The summed E-state index contributed by atoms with van der Waals surface area (Å²) < 4.78 is 33.2. The molecule has 3 aromatic rings. The van der Waals surface area contributed by atoms with Crippen molar-refractivity contribution in [3.05, 3.63) is 40.6 Å². The second-order valence-corrected chi connectivity index (χ2v) is 10.5. The van der Waals surface area contributed by atoms with E-state index in [2.05, 4.69) is 0 Å². The van der Waals surface area contributed by atoms with Crippen molar-refractivity contribution in [1.82, 2.24) is 0 Å². The van der Waals surface area contributed by atoms with Crippen LogP contribution in [0.2, 0.25) is 0 Å². The van der Waals surface area contributed by atoms with Gasteiger partial charge in [-0.25, -0.2) is 0 Å². The molecule has 0 amide bonds. The highest BCUT2D eigenvalue weighted by Crippen LogP contribution is 2.39. The molecule has 2 saturated heterocycles. The summed E-state index contributed by atoms with van der Waals surface area (Å²) in [6.07, 6.45) is -16.0. The van der Waals surface area contributed by atoms with Crippen LogP contribution in [0.25, 0.3) is 22.3 Å². The summed E-state index contributed by atoms with van der Waals surface area (Å²) in [7, 11) is 1.28. The summed E-state index contributed by atoms with van der Waals surface area (Å²) >= 11 is 0. The lowest BCUT2D eigenvalue weighted by Gasteiger charge is -2.42. The van der Waals surface area contributed by atoms with E-state index in [-0.39, 0.29) is 28.4 Å². The number of hydrogen-bond donors (Lipinski definition) is 9. The van der Waals surface area contributed by atoms with E-state index >= 15 is 0 Å². The Labute approximate surface area is 248 Å². The molecule has 0 unspecified atom stereocenters. The second kappa shape index (κ2) is 12.4. The van der Waals surface area contributed by atoms with Crippen LogP contribution < -0.4 is 14.9 Å². The van der Waals surface area contributed by atoms with Crippen molar-refractivity contribution in [3.8, 4) is 40.1 Å². The summed E-state index contributed by atoms with van der Waals surface area (Å²) in [5.74, 6) is -2.28. The minimum Gasteiger partial charge on any atom is -0.508 e. The Hall–Kier alpha value is -3.71. The van der Waals surface area contributed by atoms with Crippen LogP contribution in [0.3, 0.4) is 0 Å². The highest BCUT2D eigenvalue weighted by Gasteiger charge is 2.47. The molecule has 2 aromatic carbocycles. The molecule has 44 heavy (non-hydrogen) atoms. The molecule has 1 aromatic heterocycles. The molecule has 5 rings (SSSR count). The molecule has 0 aliphatic carbocycles. The Morgan fingerprint density at radius 3 is 2.18 bits per heavy atom. The SMILES string of the molecule is COc1cc(-c2oc3cc(O)cc(O)c3c(=O)c2O[C@@H]2O[C@H](CO[C@@H]3O[C@H](C)[C@H](O)[C@@H](O)[C@@H]3O)[C@@H](O)[C@@H](O)[C@H]2O)ccc1O. The van der Waals surface area contributed by atoms with Crippen molar-refractivity contribution < 1.29 is 74.1 Å². The van der Waals surface area contributed by atoms with Gasteiger partial charge in [-0.3, -0.25) is 4.79 Å². The predicted octanol–water partition coefficient (Wildman–Crippen LogP) is -1.38. The second-order valence-electron chi connectivity index (χ2n) is 10.5. The van der Waals surface area contributed by atoms with Crippen molar-refractivity contribution in [2.24, 2.45) is 0 Å². The van der Waals surface area contributed by atoms with Crippen LogP contribution in [0, 0.1) is 0 Å². The molecule has 240 valence electrons. The van der Waals surface area contributed by atoms with Crippen LogP contribution in [-0.4, -0.2) is 121 Å². The number of benzene rings is 2. The van der Waals surface area contributed by atoms with Gasteiger partial charge in [-0.15, -0.1) is 0 Å². The monoisotopic (exact) mass is 624 g/mol. The van der Waals surface area contributed by atoms with Crippen LogP contribution in [0.1, 0.15) is 6.92 Å². The number of fused-ring (bicyclic) bond motifs is 1. The van der Waals surface area contributed by atoms with Crippen LogP contribution >= 0.6 is 0 Å². The van der Waals surface area contributed by atoms with Crippen LogP contribution in [0.5, 0.6) is 28.7 Å². The third-order valence-electron chi connectivity index (χ3n) is 7.50. The number of methoxy groups -OCH3 is 1. The molecule has 3 heterocycles. The maximum atomic E-state index is 13.7. The molecule has 0 saturated carbocycles. The van der Waals surface area contributed by atoms with Crippen molar-refractivity contribution in [2.45, 2.75) is 68.3 Å².